The van der Waals surface area contributed by atoms with Crippen molar-refractivity contribution in [1.82, 2.24) is 18.7 Å². The summed E-state index contributed by atoms with van der Waals surface area (Å²) in [7, 11) is 0. The summed E-state index contributed by atoms with van der Waals surface area (Å²) in [5.41, 5.74) is 2.60. The number of anilines is 1. The number of nitrogens with zero attached hydrogens (tertiary/aromatic N) is 3. The number of hydrogen-bond acceptors (Lipinski definition) is 7. The number of carbonyl (C=O) groups is 1. The highest BCUT2D eigenvalue weighted by molar-refractivity contribution is 7.99. The summed E-state index contributed by atoms with van der Waals surface area (Å²) in [5, 5.41) is 3.75. The standard InChI is InChI=1S/C16H11N5O2S2/c22-14(17-9-5-6-12-13(7-9)21-25-20-12)8-24-16-18-11-4-2-1-3-10(11)15(23)19-16/h1-7H,8H2,(H,17,22)(H,18,19,23). The topological polar surface area (TPSA) is 101 Å². The molecule has 0 aliphatic carbocycles. The summed E-state index contributed by atoms with van der Waals surface area (Å²) in [6, 6.07) is 12.5. The second-order valence-electron chi connectivity index (χ2n) is 5.19. The molecule has 0 bridgehead atoms. The van der Waals surface area contributed by atoms with E-state index in [4.69, 9.17) is 0 Å². The van der Waals surface area contributed by atoms with E-state index in [0.29, 0.717) is 21.7 Å². The Kier molecular flexibility index (Phi) is 4.16. The monoisotopic (exact) mass is 369 g/mol. The van der Waals surface area contributed by atoms with Crippen LogP contribution in [0, 0.1) is 0 Å². The number of carbonyl (C=O) groups excluding carboxylic acids is 1. The third kappa shape index (κ3) is 3.37. The van der Waals surface area contributed by atoms with E-state index in [-0.39, 0.29) is 17.2 Å². The number of rotatable bonds is 4. The smallest absolute Gasteiger partial charge is 0.259 e. The van der Waals surface area contributed by atoms with Crippen molar-refractivity contribution in [2.45, 2.75) is 5.16 Å². The van der Waals surface area contributed by atoms with E-state index < -0.39 is 0 Å². The molecule has 124 valence electrons. The van der Waals surface area contributed by atoms with Gasteiger partial charge in [0, 0.05) is 5.69 Å². The minimum absolute atomic E-state index is 0.134. The third-order valence-electron chi connectivity index (χ3n) is 3.47. The fraction of sp³-hybridized carbons (Fsp3) is 0.0625. The van der Waals surface area contributed by atoms with Crippen molar-refractivity contribution in [3.8, 4) is 0 Å². The maximum atomic E-state index is 12.1. The Morgan fingerprint density at radius 2 is 1.96 bits per heavy atom. The molecule has 2 aromatic carbocycles. The molecule has 2 heterocycles. The first-order valence-electron chi connectivity index (χ1n) is 7.33. The van der Waals surface area contributed by atoms with Crippen molar-refractivity contribution >= 4 is 57.0 Å². The van der Waals surface area contributed by atoms with Crippen LogP contribution in [0.25, 0.3) is 21.9 Å². The number of H-pyrrole nitrogens is 1. The van der Waals surface area contributed by atoms with Crippen molar-refractivity contribution in [2.24, 2.45) is 0 Å². The maximum Gasteiger partial charge on any atom is 0.259 e. The molecular weight excluding hydrogens is 358 g/mol. The van der Waals surface area contributed by atoms with Crippen LogP contribution < -0.4 is 10.9 Å². The van der Waals surface area contributed by atoms with Crippen LogP contribution >= 0.6 is 23.5 Å². The van der Waals surface area contributed by atoms with Gasteiger partial charge in [0.2, 0.25) is 5.91 Å². The van der Waals surface area contributed by atoms with E-state index >= 15 is 0 Å². The molecule has 0 radical (unpaired) electrons. The number of thioether (sulfide) groups is 1. The zero-order chi connectivity index (χ0) is 17.2. The lowest BCUT2D eigenvalue weighted by molar-refractivity contribution is -0.113. The Balaban J connectivity index is 1.45. The highest BCUT2D eigenvalue weighted by atomic mass is 32.2. The van der Waals surface area contributed by atoms with Crippen LogP contribution in [-0.2, 0) is 4.79 Å². The van der Waals surface area contributed by atoms with Crippen molar-refractivity contribution in [3.05, 3.63) is 52.8 Å². The highest BCUT2D eigenvalue weighted by Crippen LogP contribution is 2.18. The van der Waals surface area contributed by atoms with Crippen molar-refractivity contribution in [1.29, 1.82) is 0 Å². The Labute approximate surface area is 149 Å². The van der Waals surface area contributed by atoms with Crippen LogP contribution in [0.5, 0.6) is 0 Å². The molecular formula is C16H11N5O2S2. The molecule has 25 heavy (non-hydrogen) atoms. The number of para-hydroxylation sites is 1. The van der Waals surface area contributed by atoms with Crippen LogP contribution in [0.3, 0.4) is 0 Å². The summed E-state index contributed by atoms with van der Waals surface area (Å²) >= 11 is 2.31. The minimum Gasteiger partial charge on any atom is -0.325 e. The second kappa shape index (κ2) is 6.61. The lowest BCUT2D eigenvalue weighted by atomic mass is 10.2. The van der Waals surface area contributed by atoms with Gasteiger partial charge in [-0.25, -0.2) is 4.98 Å². The molecule has 2 N–H and O–H groups in total. The fourth-order valence-electron chi connectivity index (χ4n) is 2.32. The lowest BCUT2D eigenvalue weighted by Crippen LogP contribution is -2.15. The van der Waals surface area contributed by atoms with Crippen molar-refractivity contribution in [2.75, 3.05) is 11.1 Å². The van der Waals surface area contributed by atoms with Gasteiger partial charge in [-0.1, -0.05) is 23.9 Å². The molecule has 0 saturated carbocycles. The van der Waals surface area contributed by atoms with Crippen LogP contribution in [-0.4, -0.2) is 30.4 Å². The molecule has 9 heteroatoms. The van der Waals surface area contributed by atoms with Gasteiger partial charge in [-0.15, -0.1) is 0 Å². The average molecular weight is 369 g/mol. The van der Waals surface area contributed by atoms with Gasteiger partial charge < -0.3 is 10.3 Å². The van der Waals surface area contributed by atoms with Crippen molar-refractivity contribution in [3.63, 3.8) is 0 Å². The van der Waals surface area contributed by atoms with Crippen LogP contribution in [0.15, 0.2) is 52.4 Å². The quantitative estimate of drug-likeness (QED) is 0.424. The summed E-state index contributed by atoms with van der Waals surface area (Å²) in [5.74, 6) is -0.0578. The van der Waals surface area contributed by atoms with Gasteiger partial charge >= 0.3 is 0 Å². The number of aromatic amines is 1. The molecule has 0 atom stereocenters. The number of nitrogens with one attached hydrogen (secondary N) is 2. The van der Waals surface area contributed by atoms with Gasteiger partial charge in [0.1, 0.15) is 11.0 Å². The number of aromatic nitrogens is 4. The van der Waals surface area contributed by atoms with Crippen LogP contribution in [0.1, 0.15) is 0 Å². The molecule has 0 spiro atoms. The molecule has 2 aromatic heterocycles. The predicted molar refractivity (Wildman–Crippen MR) is 99.1 cm³/mol. The zero-order valence-corrected chi connectivity index (χ0v) is 14.4. The van der Waals surface area contributed by atoms with Gasteiger partial charge in [-0.3, -0.25) is 9.59 Å². The molecule has 7 nitrogen and oxygen atoms in total. The number of fused-ring (bicyclic) bond motifs is 2. The fourth-order valence-corrected chi connectivity index (χ4v) is 3.51. The van der Waals surface area contributed by atoms with Gasteiger partial charge in [0.25, 0.3) is 5.56 Å². The Hall–Kier alpha value is -2.78. The van der Waals surface area contributed by atoms with E-state index in [0.717, 1.165) is 22.8 Å². The molecule has 0 saturated heterocycles. The highest BCUT2D eigenvalue weighted by Gasteiger charge is 2.08. The van der Waals surface area contributed by atoms with Crippen LogP contribution in [0.2, 0.25) is 0 Å². The zero-order valence-electron chi connectivity index (χ0n) is 12.7. The average Bonchev–Trinajstić information content (AvgIpc) is 3.08. The Bertz CT molecular complexity index is 1140. The number of hydrogen-bond donors (Lipinski definition) is 2. The molecule has 1 amide bonds. The Morgan fingerprint density at radius 3 is 2.88 bits per heavy atom. The summed E-state index contributed by atoms with van der Waals surface area (Å²) in [4.78, 5) is 31.2. The third-order valence-corrected chi connectivity index (χ3v) is 4.90. The minimum atomic E-state index is -0.213. The molecule has 0 aliphatic heterocycles. The first-order chi connectivity index (χ1) is 12.2. The van der Waals surface area contributed by atoms with Crippen LogP contribution in [0.4, 0.5) is 5.69 Å². The second-order valence-corrected chi connectivity index (χ2v) is 6.69. The van der Waals surface area contributed by atoms with E-state index in [1.165, 1.54) is 11.8 Å². The summed E-state index contributed by atoms with van der Waals surface area (Å²) in [6.07, 6.45) is 0. The predicted octanol–water partition coefficient (Wildman–Crippen LogP) is 2.66. The normalized spacial score (nSPS) is 11.0. The first kappa shape index (κ1) is 15.7. The van der Waals surface area contributed by atoms with Gasteiger partial charge in [-0.2, -0.15) is 8.75 Å². The molecule has 4 aromatic rings. The Morgan fingerprint density at radius 1 is 1.12 bits per heavy atom. The number of amides is 1. The molecule has 0 aliphatic rings. The van der Waals surface area contributed by atoms with Gasteiger partial charge in [-0.05, 0) is 30.3 Å². The molecule has 0 fully saturated rings. The first-order valence-corrected chi connectivity index (χ1v) is 9.05. The SMILES string of the molecule is O=C(CSc1nc2ccccc2c(=O)[nH]1)Nc1ccc2nsnc2c1. The molecule has 4 rings (SSSR count). The van der Waals surface area contributed by atoms with Gasteiger partial charge in [0.05, 0.1) is 28.4 Å². The van der Waals surface area contributed by atoms with E-state index in [2.05, 4.69) is 24.0 Å². The van der Waals surface area contributed by atoms with Gasteiger partial charge in [0.15, 0.2) is 5.16 Å². The lowest BCUT2D eigenvalue weighted by Gasteiger charge is -2.05. The maximum absolute atomic E-state index is 12.1. The summed E-state index contributed by atoms with van der Waals surface area (Å²) < 4.78 is 8.26. The molecule has 0 unspecified atom stereocenters. The number of benzene rings is 2. The van der Waals surface area contributed by atoms with E-state index in [1.54, 1.807) is 30.3 Å². The largest absolute Gasteiger partial charge is 0.325 e. The van der Waals surface area contributed by atoms with E-state index in [9.17, 15) is 9.59 Å². The summed E-state index contributed by atoms with van der Waals surface area (Å²) in [6.45, 7) is 0. The van der Waals surface area contributed by atoms with Crippen molar-refractivity contribution < 1.29 is 4.79 Å². The van der Waals surface area contributed by atoms with E-state index in [1.807, 2.05) is 12.1 Å².